The van der Waals surface area contributed by atoms with Crippen molar-refractivity contribution in [2.24, 2.45) is 4.99 Å². The molecule has 4 nitrogen and oxygen atoms in total. The fourth-order valence-corrected chi connectivity index (χ4v) is 2.59. The lowest BCUT2D eigenvalue weighted by Crippen LogP contribution is -2.05. The van der Waals surface area contributed by atoms with E-state index in [1.165, 1.54) is 19.3 Å². The number of hydrogen-bond acceptors (Lipinski definition) is 4. The summed E-state index contributed by atoms with van der Waals surface area (Å²) in [5.74, 6) is 0.605. The van der Waals surface area contributed by atoms with Crippen LogP contribution >= 0.6 is 0 Å². The van der Waals surface area contributed by atoms with Gasteiger partial charge in [0.15, 0.2) is 0 Å². The molecule has 0 bridgehead atoms. The zero-order valence-electron chi connectivity index (χ0n) is 17.0. The topological polar surface area (TPSA) is 47.9 Å². The van der Waals surface area contributed by atoms with Gasteiger partial charge in [0, 0.05) is 6.21 Å². The molecule has 0 unspecified atom stereocenters. The van der Waals surface area contributed by atoms with E-state index in [9.17, 15) is 4.79 Å². The standard InChI is InChI=1S/C24H31NO3/c1-3-5-7-8-18-27-23-15-9-20(10-16-23)19-25-22-13-11-21(12-14-22)24(26)28-17-6-4-2/h9-16,19H,3-8,17-18H2,1-2H3. The Bertz CT molecular complexity index is 721. The summed E-state index contributed by atoms with van der Waals surface area (Å²) in [5, 5.41) is 0. The molecular weight excluding hydrogens is 350 g/mol. The van der Waals surface area contributed by atoms with Crippen LogP contribution in [0.2, 0.25) is 0 Å². The third-order valence-corrected chi connectivity index (χ3v) is 4.34. The number of hydrogen-bond donors (Lipinski definition) is 0. The van der Waals surface area contributed by atoms with Crippen LogP contribution in [0.15, 0.2) is 53.5 Å². The molecule has 0 amide bonds. The molecule has 2 aromatic carbocycles. The van der Waals surface area contributed by atoms with Crippen LogP contribution in [0.3, 0.4) is 0 Å². The maximum atomic E-state index is 11.9. The molecule has 0 aromatic heterocycles. The molecule has 0 radical (unpaired) electrons. The van der Waals surface area contributed by atoms with Gasteiger partial charge < -0.3 is 9.47 Å². The number of aliphatic imine (C=N–C) groups is 1. The zero-order chi connectivity index (χ0) is 20.0. The van der Waals surface area contributed by atoms with E-state index >= 15 is 0 Å². The van der Waals surface area contributed by atoms with Crippen LogP contribution in [0.25, 0.3) is 0 Å². The van der Waals surface area contributed by atoms with Crippen LogP contribution in [-0.4, -0.2) is 25.4 Å². The molecule has 0 atom stereocenters. The second-order valence-corrected chi connectivity index (χ2v) is 6.77. The average Bonchev–Trinajstić information content (AvgIpc) is 2.73. The number of benzene rings is 2. The highest BCUT2D eigenvalue weighted by Crippen LogP contribution is 2.16. The maximum absolute atomic E-state index is 11.9. The van der Waals surface area contributed by atoms with Crippen molar-refractivity contribution in [2.75, 3.05) is 13.2 Å². The van der Waals surface area contributed by atoms with Gasteiger partial charge in [-0.3, -0.25) is 4.99 Å². The van der Waals surface area contributed by atoms with E-state index in [-0.39, 0.29) is 5.97 Å². The average molecular weight is 382 g/mol. The zero-order valence-corrected chi connectivity index (χ0v) is 17.0. The Morgan fingerprint density at radius 1 is 0.857 bits per heavy atom. The lowest BCUT2D eigenvalue weighted by molar-refractivity contribution is 0.0500. The smallest absolute Gasteiger partial charge is 0.338 e. The fraction of sp³-hybridized carbons (Fsp3) is 0.417. The van der Waals surface area contributed by atoms with Crippen molar-refractivity contribution in [3.8, 4) is 5.75 Å². The summed E-state index contributed by atoms with van der Waals surface area (Å²) in [6, 6.07) is 15.1. The van der Waals surface area contributed by atoms with Gasteiger partial charge in [-0.1, -0.05) is 39.5 Å². The van der Waals surface area contributed by atoms with Crippen molar-refractivity contribution in [3.63, 3.8) is 0 Å². The van der Waals surface area contributed by atoms with Crippen molar-refractivity contribution >= 4 is 17.9 Å². The number of esters is 1. The van der Waals surface area contributed by atoms with E-state index in [1.54, 1.807) is 18.3 Å². The Hall–Kier alpha value is -2.62. The number of nitrogens with zero attached hydrogens (tertiary/aromatic N) is 1. The molecule has 0 aliphatic carbocycles. The Morgan fingerprint density at radius 2 is 1.57 bits per heavy atom. The summed E-state index contributed by atoms with van der Waals surface area (Å²) in [5.41, 5.74) is 2.35. The van der Waals surface area contributed by atoms with Crippen molar-refractivity contribution < 1.29 is 14.3 Å². The van der Waals surface area contributed by atoms with Gasteiger partial charge in [-0.05, 0) is 66.9 Å². The highest BCUT2D eigenvalue weighted by atomic mass is 16.5. The van der Waals surface area contributed by atoms with Crippen molar-refractivity contribution in [3.05, 3.63) is 59.7 Å². The molecule has 0 fully saturated rings. The monoisotopic (exact) mass is 381 g/mol. The van der Waals surface area contributed by atoms with E-state index < -0.39 is 0 Å². The molecule has 150 valence electrons. The minimum Gasteiger partial charge on any atom is -0.494 e. The van der Waals surface area contributed by atoms with E-state index in [0.717, 1.165) is 42.9 Å². The predicted molar refractivity (Wildman–Crippen MR) is 115 cm³/mol. The number of carbonyl (C=O) groups excluding carboxylic acids is 1. The van der Waals surface area contributed by atoms with Gasteiger partial charge >= 0.3 is 5.97 Å². The first kappa shape index (κ1) is 21.7. The number of unbranched alkanes of at least 4 members (excludes halogenated alkanes) is 4. The number of rotatable bonds is 12. The van der Waals surface area contributed by atoms with Gasteiger partial charge in [-0.2, -0.15) is 0 Å². The lowest BCUT2D eigenvalue weighted by Gasteiger charge is -2.06. The van der Waals surface area contributed by atoms with Crippen LogP contribution in [0.4, 0.5) is 5.69 Å². The first-order valence-electron chi connectivity index (χ1n) is 10.3. The van der Waals surface area contributed by atoms with E-state index in [2.05, 4.69) is 18.8 Å². The largest absolute Gasteiger partial charge is 0.494 e. The summed E-state index contributed by atoms with van der Waals surface area (Å²) in [4.78, 5) is 16.4. The van der Waals surface area contributed by atoms with Crippen LogP contribution in [0.5, 0.6) is 5.75 Å². The predicted octanol–water partition coefficient (Wildman–Crippen LogP) is 6.35. The van der Waals surface area contributed by atoms with Crippen LogP contribution in [-0.2, 0) is 4.74 Å². The second kappa shape index (κ2) is 12.7. The SMILES string of the molecule is CCCCCCOc1ccc(C=Nc2ccc(C(=O)OCCCC)cc2)cc1. The first-order chi connectivity index (χ1) is 13.7. The van der Waals surface area contributed by atoms with E-state index in [4.69, 9.17) is 9.47 Å². The summed E-state index contributed by atoms with van der Waals surface area (Å²) < 4.78 is 11.0. The Labute approximate surface area is 168 Å². The minimum absolute atomic E-state index is 0.283. The Morgan fingerprint density at radius 3 is 2.25 bits per heavy atom. The van der Waals surface area contributed by atoms with E-state index in [0.29, 0.717) is 12.2 Å². The molecule has 2 aromatic rings. The van der Waals surface area contributed by atoms with Crippen LogP contribution in [0, 0.1) is 0 Å². The summed E-state index contributed by atoms with van der Waals surface area (Å²) in [6.45, 7) is 5.50. The number of ether oxygens (including phenoxy) is 2. The van der Waals surface area contributed by atoms with Crippen molar-refractivity contribution in [1.82, 2.24) is 0 Å². The van der Waals surface area contributed by atoms with Gasteiger partial charge in [-0.25, -0.2) is 4.79 Å². The molecule has 0 heterocycles. The minimum atomic E-state index is -0.283. The summed E-state index contributed by atoms with van der Waals surface area (Å²) in [6.07, 6.45) is 8.51. The molecule has 0 saturated carbocycles. The fourth-order valence-electron chi connectivity index (χ4n) is 2.59. The van der Waals surface area contributed by atoms with Crippen molar-refractivity contribution in [1.29, 1.82) is 0 Å². The van der Waals surface area contributed by atoms with Gasteiger partial charge in [0.1, 0.15) is 5.75 Å². The molecule has 0 saturated heterocycles. The maximum Gasteiger partial charge on any atom is 0.338 e. The highest BCUT2D eigenvalue weighted by Gasteiger charge is 2.06. The molecule has 4 heteroatoms. The summed E-state index contributed by atoms with van der Waals surface area (Å²) >= 11 is 0. The Balaban J connectivity index is 1.81. The normalized spacial score (nSPS) is 10.9. The molecule has 0 aliphatic heterocycles. The first-order valence-corrected chi connectivity index (χ1v) is 10.3. The lowest BCUT2D eigenvalue weighted by atomic mass is 10.2. The summed E-state index contributed by atoms with van der Waals surface area (Å²) in [7, 11) is 0. The van der Waals surface area contributed by atoms with E-state index in [1.807, 2.05) is 36.4 Å². The molecule has 0 aliphatic rings. The quantitative estimate of drug-likeness (QED) is 0.244. The molecular formula is C24H31NO3. The van der Waals surface area contributed by atoms with Crippen molar-refractivity contribution in [2.45, 2.75) is 52.4 Å². The van der Waals surface area contributed by atoms with Gasteiger partial charge in [0.25, 0.3) is 0 Å². The highest BCUT2D eigenvalue weighted by molar-refractivity contribution is 5.90. The van der Waals surface area contributed by atoms with Crippen LogP contribution < -0.4 is 4.74 Å². The molecule has 28 heavy (non-hydrogen) atoms. The van der Waals surface area contributed by atoms with Gasteiger partial charge in [0.2, 0.25) is 0 Å². The van der Waals surface area contributed by atoms with Gasteiger partial charge in [-0.15, -0.1) is 0 Å². The third-order valence-electron chi connectivity index (χ3n) is 4.34. The second-order valence-electron chi connectivity index (χ2n) is 6.77. The third kappa shape index (κ3) is 7.95. The number of carbonyl (C=O) groups is 1. The van der Waals surface area contributed by atoms with Gasteiger partial charge in [0.05, 0.1) is 24.5 Å². The molecule has 0 spiro atoms. The molecule has 2 rings (SSSR count). The Kier molecular flexibility index (Phi) is 9.84. The van der Waals surface area contributed by atoms with Crippen LogP contribution in [0.1, 0.15) is 68.3 Å². The molecule has 0 N–H and O–H groups in total.